The highest BCUT2D eigenvalue weighted by atomic mass is 35.5. The molecule has 0 radical (unpaired) electrons. The second-order valence-corrected chi connectivity index (χ2v) is 6.98. The standard InChI is InChI=1S/C21H25ClN2O3/c1-26-19-8-4-17(5-9-19)20(24-10-12-27-13-11-24)15-23-21(25)14-16-2-6-18(22)7-3-16/h2-9,20H,10-15H2,1H3,(H,23,25)/t20-/m0/s1. The molecule has 1 fully saturated rings. The van der Waals surface area contributed by atoms with Crippen LogP contribution >= 0.6 is 11.6 Å². The molecule has 1 aliphatic heterocycles. The first-order valence-electron chi connectivity index (χ1n) is 9.12. The number of carbonyl (C=O) groups excluding carboxylic acids is 1. The Morgan fingerprint density at radius 2 is 1.81 bits per heavy atom. The first kappa shape index (κ1) is 19.7. The van der Waals surface area contributed by atoms with Crippen molar-refractivity contribution in [3.63, 3.8) is 0 Å². The number of ether oxygens (including phenoxy) is 2. The van der Waals surface area contributed by atoms with Gasteiger partial charge in [0.1, 0.15) is 5.75 Å². The summed E-state index contributed by atoms with van der Waals surface area (Å²) in [5, 5.41) is 3.76. The van der Waals surface area contributed by atoms with Crippen molar-refractivity contribution in [2.24, 2.45) is 0 Å². The van der Waals surface area contributed by atoms with E-state index in [-0.39, 0.29) is 11.9 Å². The van der Waals surface area contributed by atoms with Gasteiger partial charge in [0.05, 0.1) is 32.8 Å². The van der Waals surface area contributed by atoms with Crippen LogP contribution in [0.3, 0.4) is 0 Å². The van der Waals surface area contributed by atoms with E-state index >= 15 is 0 Å². The van der Waals surface area contributed by atoms with Gasteiger partial charge < -0.3 is 14.8 Å². The molecule has 1 aliphatic rings. The Hall–Kier alpha value is -2.08. The van der Waals surface area contributed by atoms with E-state index in [1.165, 1.54) is 0 Å². The highest BCUT2D eigenvalue weighted by Crippen LogP contribution is 2.23. The molecule has 1 amide bonds. The number of rotatable bonds is 7. The normalized spacial score (nSPS) is 15.9. The fourth-order valence-corrected chi connectivity index (χ4v) is 3.36. The minimum Gasteiger partial charge on any atom is -0.497 e. The molecule has 1 saturated heterocycles. The highest BCUT2D eigenvalue weighted by molar-refractivity contribution is 6.30. The minimum atomic E-state index is 0.00379. The van der Waals surface area contributed by atoms with E-state index < -0.39 is 0 Å². The zero-order valence-corrected chi connectivity index (χ0v) is 16.2. The third-order valence-corrected chi connectivity index (χ3v) is 5.01. The van der Waals surface area contributed by atoms with E-state index in [0.29, 0.717) is 31.2 Å². The predicted octanol–water partition coefficient (Wildman–Crippen LogP) is 3.08. The molecule has 0 bridgehead atoms. The number of nitrogens with zero attached hydrogens (tertiary/aromatic N) is 1. The molecule has 0 aliphatic carbocycles. The van der Waals surface area contributed by atoms with Crippen LogP contribution in [0.4, 0.5) is 0 Å². The number of hydrogen-bond donors (Lipinski definition) is 1. The number of methoxy groups -OCH3 is 1. The summed E-state index contributed by atoms with van der Waals surface area (Å²) < 4.78 is 10.7. The summed E-state index contributed by atoms with van der Waals surface area (Å²) in [4.78, 5) is 14.8. The molecule has 2 aromatic carbocycles. The Bertz CT molecular complexity index is 728. The van der Waals surface area contributed by atoms with Crippen molar-refractivity contribution in [1.82, 2.24) is 10.2 Å². The largest absolute Gasteiger partial charge is 0.497 e. The fraction of sp³-hybridized carbons (Fsp3) is 0.381. The maximum Gasteiger partial charge on any atom is 0.224 e. The van der Waals surface area contributed by atoms with Crippen LogP contribution in [0.2, 0.25) is 5.02 Å². The molecule has 0 unspecified atom stereocenters. The molecule has 27 heavy (non-hydrogen) atoms. The molecule has 3 rings (SSSR count). The van der Waals surface area contributed by atoms with Gasteiger partial charge in [0.2, 0.25) is 5.91 Å². The lowest BCUT2D eigenvalue weighted by molar-refractivity contribution is -0.120. The van der Waals surface area contributed by atoms with E-state index in [4.69, 9.17) is 21.1 Å². The number of nitrogens with one attached hydrogen (secondary N) is 1. The van der Waals surface area contributed by atoms with Crippen LogP contribution in [0.1, 0.15) is 17.2 Å². The second kappa shape index (κ2) is 9.74. The van der Waals surface area contributed by atoms with Crippen molar-refractivity contribution in [3.05, 3.63) is 64.7 Å². The molecule has 2 aromatic rings. The molecule has 1 N–H and O–H groups in total. The summed E-state index contributed by atoms with van der Waals surface area (Å²) in [7, 11) is 1.66. The average molecular weight is 389 g/mol. The van der Waals surface area contributed by atoms with E-state index in [0.717, 1.165) is 30.0 Å². The van der Waals surface area contributed by atoms with Crippen molar-refractivity contribution < 1.29 is 14.3 Å². The lowest BCUT2D eigenvalue weighted by atomic mass is 10.0. The molecular weight excluding hydrogens is 364 g/mol. The first-order valence-corrected chi connectivity index (χ1v) is 9.50. The molecule has 5 nitrogen and oxygen atoms in total. The third kappa shape index (κ3) is 5.70. The van der Waals surface area contributed by atoms with Crippen LogP contribution in [-0.4, -0.2) is 50.8 Å². The zero-order valence-electron chi connectivity index (χ0n) is 15.5. The van der Waals surface area contributed by atoms with Gasteiger partial charge in [0, 0.05) is 24.7 Å². The minimum absolute atomic E-state index is 0.00379. The van der Waals surface area contributed by atoms with Crippen LogP contribution in [0.15, 0.2) is 48.5 Å². The monoisotopic (exact) mass is 388 g/mol. The lowest BCUT2D eigenvalue weighted by Gasteiger charge is -2.35. The Morgan fingerprint density at radius 1 is 1.15 bits per heavy atom. The predicted molar refractivity (Wildman–Crippen MR) is 106 cm³/mol. The topological polar surface area (TPSA) is 50.8 Å². The summed E-state index contributed by atoms with van der Waals surface area (Å²) in [5.74, 6) is 0.829. The molecule has 1 heterocycles. The van der Waals surface area contributed by atoms with Crippen molar-refractivity contribution in [3.8, 4) is 5.75 Å². The van der Waals surface area contributed by atoms with Crippen LogP contribution in [0.25, 0.3) is 0 Å². The molecule has 0 spiro atoms. The van der Waals surface area contributed by atoms with E-state index in [2.05, 4.69) is 22.3 Å². The summed E-state index contributed by atoms with van der Waals surface area (Å²) in [5.41, 5.74) is 2.11. The van der Waals surface area contributed by atoms with Crippen molar-refractivity contribution >= 4 is 17.5 Å². The van der Waals surface area contributed by atoms with Gasteiger partial charge in [-0.15, -0.1) is 0 Å². The summed E-state index contributed by atoms with van der Waals surface area (Å²) in [6.07, 6.45) is 0.343. The van der Waals surface area contributed by atoms with Gasteiger partial charge in [-0.1, -0.05) is 35.9 Å². The molecule has 0 saturated carbocycles. The molecule has 0 aromatic heterocycles. The molecule has 144 valence electrons. The Kier molecular flexibility index (Phi) is 7.10. The SMILES string of the molecule is COc1ccc([C@H](CNC(=O)Cc2ccc(Cl)cc2)N2CCOCC2)cc1. The van der Waals surface area contributed by atoms with Gasteiger partial charge in [-0.25, -0.2) is 0 Å². The Morgan fingerprint density at radius 3 is 2.44 bits per heavy atom. The third-order valence-electron chi connectivity index (χ3n) is 4.76. The van der Waals surface area contributed by atoms with Gasteiger partial charge in [-0.3, -0.25) is 9.69 Å². The van der Waals surface area contributed by atoms with E-state index in [9.17, 15) is 4.79 Å². The molecule has 1 atom stereocenters. The molecular formula is C21H25ClN2O3. The van der Waals surface area contributed by atoms with Gasteiger partial charge in [-0.2, -0.15) is 0 Å². The summed E-state index contributed by atoms with van der Waals surface area (Å²) in [6.45, 7) is 3.68. The average Bonchev–Trinajstić information content (AvgIpc) is 2.71. The fourth-order valence-electron chi connectivity index (χ4n) is 3.23. The summed E-state index contributed by atoms with van der Waals surface area (Å²) >= 11 is 5.90. The number of morpholine rings is 1. The highest BCUT2D eigenvalue weighted by Gasteiger charge is 2.23. The Balaban J connectivity index is 1.64. The van der Waals surface area contributed by atoms with E-state index in [1.54, 1.807) is 19.2 Å². The maximum absolute atomic E-state index is 12.4. The maximum atomic E-state index is 12.4. The van der Waals surface area contributed by atoms with Crippen molar-refractivity contribution in [2.45, 2.75) is 12.5 Å². The number of carbonyl (C=O) groups is 1. The second-order valence-electron chi connectivity index (χ2n) is 6.54. The van der Waals surface area contributed by atoms with Crippen LogP contribution in [0, 0.1) is 0 Å². The number of benzene rings is 2. The lowest BCUT2D eigenvalue weighted by Crippen LogP contribution is -2.44. The zero-order chi connectivity index (χ0) is 19.1. The van der Waals surface area contributed by atoms with Gasteiger partial charge in [0.25, 0.3) is 0 Å². The van der Waals surface area contributed by atoms with Gasteiger partial charge in [0.15, 0.2) is 0 Å². The van der Waals surface area contributed by atoms with Gasteiger partial charge >= 0.3 is 0 Å². The Labute approximate surface area is 165 Å². The number of hydrogen-bond acceptors (Lipinski definition) is 4. The van der Waals surface area contributed by atoms with Crippen molar-refractivity contribution in [1.29, 1.82) is 0 Å². The van der Waals surface area contributed by atoms with E-state index in [1.807, 2.05) is 24.3 Å². The number of halogens is 1. The number of amides is 1. The van der Waals surface area contributed by atoms with Crippen molar-refractivity contribution in [2.75, 3.05) is 40.0 Å². The van der Waals surface area contributed by atoms with Gasteiger partial charge in [-0.05, 0) is 35.4 Å². The molecule has 6 heteroatoms. The smallest absolute Gasteiger partial charge is 0.224 e. The first-order chi connectivity index (χ1) is 13.2. The van der Waals surface area contributed by atoms with Crippen LogP contribution in [0.5, 0.6) is 5.75 Å². The quantitative estimate of drug-likeness (QED) is 0.792. The summed E-state index contributed by atoms with van der Waals surface area (Å²) in [6, 6.07) is 15.5. The van der Waals surface area contributed by atoms with Crippen LogP contribution < -0.4 is 10.1 Å². The van der Waals surface area contributed by atoms with Crippen LogP contribution in [-0.2, 0) is 16.0 Å².